The van der Waals surface area contributed by atoms with Crippen LogP contribution in [0.3, 0.4) is 0 Å². The molecule has 0 aliphatic heterocycles. The Morgan fingerprint density at radius 2 is 1.95 bits per heavy atom. The lowest BCUT2D eigenvalue weighted by Crippen LogP contribution is -2.31. The molecule has 3 N–H and O–H groups in total. The number of nitrogens with one attached hydrogen (secondary N) is 1. The molecule has 0 amide bonds. The predicted octanol–water partition coefficient (Wildman–Crippen LogP) is 1.29. The third kappa shape index (κ3) is 4.30. The van der Waals surface area contributed by atoms with Crippen LogP contribution in [0, 0.1) is 0 Å². The molecule has 5 nitrogen and oxygen atoms in total. The Balaban J connectivity index is 3.02. The fourth-order valence-corrected chi connectivity index (χ4v) is 3.40. The van der Waals surface area contributed by atoms with Crippen molar-refractivity contribution in [3.8, 4) is 0 Å². The van der Waals surface area contributed by atoms with E-state index in [1.165, 1.54) is 12.1 Å². The fraction of sp³-hybridized carbons (Fsp3) is 0.455. The number of nitrogens with two attached hydrogens (primary N) is 1. The summed E-state index contributed by atoms with van der Waals surface area (Å²) in [6, 6.07) is 2.86. The van der Waals surface area contributed by atoms with Gasteiger partial charge in [-0.1, -0.05) is 23.2 Å². The third-order valence-electron chi connectivity index (χ3n) is 2.50. The lowest BCUT2D eigenvalue weighted by molar-refractivity contribution is 0.412. The Hall–Kier alpha value is -0.370. The van der Waals surface area contributed by atoms with Gasteiger partial charge in [-0.2, -0.15) is 0 Å². The lowest BCUT2D eigenvalue weighted by atomic mass is 10.2. The second-order valence-electron chi connectivity index (χ2n) is 4.24. The molecule has 1 rings (SSSR count). The molecule has 0 saturated heterocycles. The number of rotatable bonds is 6. The van der Waals surface area contributed by atoms with Gasteiger partial charge in [0.15, 0.2) is 0 Å². The number of nitrogens with zero attached hydrogens (tertiary/aromatic N) is 1. The highest BCUT2D eigenvalue weighted by Crippen LogP contribution is 2.30. The molecule has 0 aromatic heterocycles. The molecule has 0 radical (unpaired) electrons. The fourth-order valence-electron chi connectivity index (χ4n) is 1.45. The average molecular weight is 326 g/mol. The van der Waals surface area contributed by atoms with E-state index >= 15 is 0 Å². The van der Waals surface area contributed by atoms with Crippen molar-refractivity contribution < 1.29 is 8.42 Å². The highest BCUT2D eigenvalue weighted by molar-refractivity contribution is 7.89. The van der Waals surface area contributed by atoms with Crippen molar-refractivity contribution >= 4 is 33.2 Å². The molecular weight excluding hydrogens is 309 g/mol. The molecule has 0 atom stereocenters. The van der Waals surface area contributed by atoms with Crippen molar-refractivity contribution in [3.05, 3.63) is 27.7 Å². The molecule has 1 aromatic rings. The summed E-state index contributed by atoms with van der Waals surface area (Å²) in [6.45, 7) is 0.971. The van der Waals surface area contributed by atoms with Crippen LogP contribution in [0.25, 0.3) is 0 Å². The minimum absolute atomic E-state index is 0.00206. The second-order valence-corrected chi connectivity index (χ2v) is 6.76. The summed E-state index contributed by atoms with van der Waals surface area (Å²) in [4.78, 5) is 1.87. The maximum Gasteiger partial charge on any atom is 0.242 e. The first kappa shape index (κ1) is 16.7. The third-order valence-corrected chi connectivity index (χ3v) is 4.90. The molecular formula is C11H17Cl2N3O2S. The zero-order chi connectivity index (χ0) is 14.6. The van der Waals surface area contributed by atoms with Crippen molar-refractivity contribution in [1.82, 2.24) is 9.62 Å². The standard InChI is InChI=1S/C11H17Cl2N3O2S/c1-16(2)6-5-15-19(17,18)10-4-3-9(12)8(7-14)11(10)13/h3-4,15H,5-7,14H2,1-2H3. The molecule has 0 spiro atoms. The van der Waals surface area contributed by atoms with Crippen LogP contribution in [-0.4, -0.2) is 40.5 Å². The van der Waals surface area contributed by atoms with Gasteiger partial charge in [0.1, 0.15) is 4.90 Å². The first-order valence-corrected chi connectivity index (χ1v) is 7.85. The minimum atomic E-state index is -3.66. The van der Waals surface area contributed by atoms with E-state index in [-0.39, 0.29) is 16.5 Å². The monoisotopic (exact) mass is 325 g/mol. The van der Waals surface area contributed by atoms with Gasteiger partial charge in [-0.3, -0.25) is 0 Å². The van der Waals surface area contributed by atoms with Crippen LogP contribution >= 0.6 is 23.2 Å². The topological polar surface area (TPSA) is 75.4 Å². The van der Waals surface area contributed by atoms with E-state index in [0.717, 1.165) is 0 Å². The maximum absolute atomic E-state index is 12.1. The summed E-state index contributed by atoms with van der Waals surface area (Å²) in [7, 11) is 0.0557. The number of halogens is 2. The van der Waals surface area contributed by atoms with E-state index in [1.54, 1.807) is 0 Å². The predicted molar refractivity (Wildman–Crippen MR) is 78.1 cm³/mol. The van der Waals surface area contributed by atoms with Crippen LogP contribution < -0.4 is 10.5 Å². The summed E-state index contributed by atoms with van der Waals surface area (Å²) in [5.74, 6) is 0. The molecule has 19 heavy (non-hydrogen) atoms. The summed E-state index contributed by atoms with van der Waals surface area (Å²) in [5, 5.41) is 0.437. The van der Waals surface area contributed by atoms with Gasteiger partial charge in [-0.05, 0) is 26.2 Å². The lowest BCUT2D eigenvalue weighted by Gasteiger charge is -2.13. The number of hydrogen-bond acceptors (Lipinski definition) is 4. The van der Waals surface area contributed by atoms with Gasteiger partial charge < -0.3 is 10.6 Å². The van der Waals surface area contributed by atoms with Gasteiger partial charge in [-0.15, -0.1) is 0 Å². The van der Waals surface area contributed by atoms with Crippen molar-refractivity contribution in [2.75, 3.05) is 27.2 Å². The molecule has 108 valence electrons. The van der Waals surface area contributed by atoms with Crippen LogP contribution in [-0.2, 0) is 16.6 Å². The Morgan fingerprint density at radius 3 is 2.47 bits per heavy atom. The number of sulfonamides is 1. The first-order valence-electron chi connectivity index (χ1n) is 5.61. The van der Waals surface area contributed by atoms with Crippen LogP contribution in [0.5, 0.6) is 0 Å². The Kier molecular flexibility index (Phi) is 6.04. The largest absolute Gasteiger partial charge is 0.326 e. The molecule has 0 fully saturated rings. The zero-order valence-electron chi connectivity index (χ0n) is 10.8. The Bertz CT molecular complexity index is 547. The van der Waals surface area contributed by atoms with Crippen LogP contribution in [0.2, 0.25) is 10.0 Å². The number of likely N-dealkylation sites (N-methyl/N-ethyl adjacent to an activating group) is 1. The van der Waals surface area contributed by atoms with Gasteiger partial charge in [0.25, 0.3) is 0 Å². The van der Waals surface area contributed by atoms with E-state index in [0.29, 0.717) is 23.7 Å². The maximum atomic E-state index is 12.1. The summed E-state index contributed by atoms with van der Waals surface area (Å²) in [5.41, 5.74) is 5.94. The highest BCUT2D eigenvalue weighted by atomic mass is 35.5. The SMILES string of the molecule is CN(C)CCNS(=O)(=O)c1ccc(Cl)c(CN)c1Cl. The van der Waals surface area contributed by atoms with E-state index in [9.17, 15) is 8.42 Å². The van der Waals surface area contributed by atoms with Crippen LogP contribution in [0.15, 0.2) is 17.0 Å². The molecule has 0 bridgehead atoms. The van der Waals surface area contributed by atoms with Gasteiger partial charge >= 0.3 is 0 Å². The van der Waals surface area contributed by atoms with Gasteiger partial charge in [0, 0.05) is 30.2 Å². The van der Waals surface area contributed by atoms with Crippen molar-refractivity contribution in [3.63, 3.8) is 0 Å². The first-order chi connectivity index (χ1) is 8.79. The molecule has 0 aliphatic carbocycles. The average Bonchev–Trinajstić information content (AvgIpc) is 2.28. The van der Waals surface area contributed by atoms with Gasteiger partial charge in [-0.25, -0.2) is 13.1 Å². The number of benzene rings is 1. The second kappa shape index (κ2) is 6.88. The van der Waals surface area contributed by atoms with Crippen molar-refractivity contribution in [2.45, 2.75) is 11.4 Å². The quantitative estimate of drug-likeness (QED) is 0.826. The molecule has 0 heterocycles. The molecule has 0 aliphatic rings. The minimum Gasteiger partial charge on any atom is -0.326 e. The molecule has 0 unspecified atom stereocenters. The number of hydrogen-bond donors (Lipinski definition) is 2. The normalized spacial score (nSPS) is 12.1. The van der Waals surface area contributed by atoms with E-state index in [1.807, 2.05) is 19.0 Å². The van der Waals surface area contributed by atoms with E-state index < -0.39 is 10.0 Å². The van der Waals surface area contributed by atoms with Crippen molar-refractivity contribution in [2.24, 2.45) is 5.73 Å². The van der Waals surface area contributed by atoms with Crippen LogP contribution in [0.4, 0.5) is 0 Å². The summed E-state index contributed by atoms with van der Waals surface area (Å²) >= 11 is 12.0. The van der Waals surface area contributed by atoms with E-state index in [2.05, 4.69) is 4.72 Å². The Labute approximate surface area is 123 Å². The Morgan fingerprint density at radius 1 is 1.32 bits per heavy atom. The smallest absolute Gasteiger partial charge is 0.242 e. The van der Waals surface area contributed by atoms with E-state index in [4.69, 9.17) is 28.9 Å². The molecule has 1 aromatic carbocycles. The van der Waals surface area contributed by atoms with Gasteiger partial charge in [0.2, 0.25) is 10.0 Å². The van der Waals surface area contributed by atoms with Gasteiger partial charge in [0.05, 0.1) is 5.02 Å². The summed E-state index contributed by atoms with van der Waals surface area (Å²) < 4.78 is 26.7. The zero-order valence-corrected chi connectivity index (χ0v) is 13.1. The van der Waals surface area contributed by atoms with Crippen molar-refractivity contribution in [1.29, 1.82) is 0 Å². The summed E-state index contributed by atoms with van der Waals surface area (Å²) in [6.07, 6.45) is 0. The molecule has 0 saturated carbocycles. The molecule has 8 heteroatoms. The highest BCUT2D eigenvalue weighted by Gasteiger charge is 2.20. The van der Waals surface area contributed by atoms with Crippen LogP contribution in [0.1, 0.15) is 5.56 Å².